The van der Waals surface area contributed by atoms with Crippen molar-refractivity contribution in [1.29, 1.82) is 0 Å². The molecule has 1 atom stereocenters. The number of anilines is 1. The highest BCUT2D eigenvalue weighted by atomic mass is 32.2. The Hall–Kier alpha value is -3.65. The first-order chi connectivity index (χ1) is 18.7. The van der Waals surface area contributed by atoms with Gasteiger partial charge in [0.05, 0.1) is 10.6 Å². The van der Waals surface area contributed by atoms with Crippen molar-refractivity contribution < 1.29 is 18.0 Å². The highest BCUT2D eigenvalue weighted by molar-refractivity contribution is 7.92. The van der Waals surface area contributed by atoms with Crippen molar-refractivity contribution in [2.45, 2.75) is 63.9 Å². The van der Waals surface area contributed by atoms with Gasteiger partial charge in [0, 0.05) is 12.6 Å². The van der Waals surface area contributed by atoms with Gasteiger partial charge < -0.3 is 10.2 Å². The monoisotopic (exact) mass is 549 g/mol. The van der Waals surface area contributed by atoms with Crippen LogP contribution >= 0.6 is 0 Å². The third kappa shape index (κ3) is 7.93. The van der Waals surface area contributed by atoms with Crippen molar-refractivity contribution in [3.63, 3.8) is 0 Å². The van der Waals surface area contributed by atoms with Gasteiger partial charge in [0.1, 0.15) is 12.6 Å². The maximum absolute atomic E-state index is 14.0. The van der Waals surface area contributed by atoms with Crippen molar-refractivity contribution in [2.24, 2.45) is 0 Å². The molecule has 0 radical (unpaired) electrons. The normalized spacial score (nSPS) is 12.1. The Bertz CT molecular complexity index is 1310. The molecule has 2 amide bonds. The average Bonchev–Trinajstić information content (AvgIpc) is 2.94. The lowest BCUT2D eigenvalue weighted by Gasteiger charge is -2.33. The molecule has 0 heterocycles. The highest BCUT2D eigenvalue weighted by Gasteiger charge is 2.33. The topological polar surface area (TPSA) is 86.8 Å². The summed E-state index contributed by atoms with van der Waals surface area (Å²) < 4.78 is 28.8. The van der Waals surface area contributed by atoms with Gasteiger partial charge >= 0.3 is 0 Å². The molecule has 0 aliphatic carbocycles. The van der Waals surface area contributed by atoms with Crippen LogP contribution in [0.25, 0.3) is 0 Å². The van der Waals surface area contributed by atoms with Crippen LogP contribution in [0.2, 0.25) is 0 Å². The number of benzene rings is 3. The lowest BCUT2D eigenvalue weighted by atomic mass is 10.1. The largest absolute Gasteiger partial charge is 0.352 e. The Kier molecular flexibility index (Phi) is 10.7. The smallest absolute Gasteiger partial charge is 0.264 e. The molecule has 1 N–H and O–H groups in total. The van der Waals surface area contributed by atoms with Crippen LogP contribution in [-0.2, 0) is 32.5 Å². The fourth-order valence-corrected chi connectivity index (χ4v) is 5.86. The van der Waals surface area contributed by atoms with Crippen LogP contribution in [0.4, 0.5) is 5.69 Å². The summed E-state index contributed by atoms with van der Waals surface area (Å²) in [6, 6.07) is 24.2. The summed E-state index contributed by atoms with van der Waals surface area (Å²) in [5, 5.41) is 2.92. The zero-order valence-corrected chi connectivity index (χ0v) is 24.0. The van der Waals surface area contributed by atoms with Gasteiger partial charge in [0.2, 0.25) is 11.8 Å². The molecule has 3 aromatic rings. The van der Waals surface area contributed by atoms with Gasteiger partial charge in [-0.25, -0.2) is 8.42 Å². The van der Waals surface area contributed by atoms with E-state index < -0.39 is 28.5 Å². The fourth-order valence-electron chi connectivity index (χ4n) is 4.42. The summed E-state index contributed by atoms with van der Waals surface area (Å²) in [7, 11) is -4.06. The Morgan fingerprint density at radius 1 is 0.821 bits per heavy atom. The minimum atomic E-state index is -4.06. The SMILES string of the molecule is CCc1ccc(N(CC(=O)N(CCc2ccccc2)C(CC)C(=O)NC(C)C)S(=O)(=O)c2ccccc2)cc1. The molecular weight excluding hydrogens is 510 g/mol. The molecule has 0 spiro atoms. The van der Waals surface area contributed by atoms with Crippen molar-refractivity contribution in [3.05, 3.63) is 96.1 Å². The first-order valence-corrected chi connectivity index (χ1v) is 14.9. The molecule has 0 saturated carbocycles. The minimum absolute atomic E-state index is 0.0929. The lowest BCUT2D eigenvalue weighted by Crippen LogP contribution is -2.54. The van der Waals surface area contributed by atoms with Gasteiger partial charge in [-0.3, -0.25) is 13.9 Å². The minimum Gasteiger partial charge on any atom is -0.352 e. The number of aryl methyl sites for hydroxylation is 1. The zero-order valence-electron chi connectivity index (χ0n) is 23.2. The number of carbonyl (C=O) groups is 2. The van der Waals surface area contributed by atoms with Gasteiger partial charge in [-0.15, -0.1) is 0 Å². The van der Waals surface area contributed by atoms with Crippen LogP contribution in [0.5, 0.6) is 0 Å². The lowest BCUT2D eigenvalue weighted by molar-refractivity contribution is -0.139. The van der Waals surface area contributed by atoms with Crippen LogP contribution < -0.4 is 9.62 Å². The quantitative estimate of drug-likeness (QED) is 0.331. The van der Waals surface area contributed by atoms with E-state index in [9.17, 15) is 18.0 Å². The molecule has 7 nitrogen and oxygen atoms in total. The molecule has 8 heteroatoms. The van der Waals surface area contributed by atoms with E-state index in [1.165, 1.54) is 17.0 Å². The standard InChI is InChI=1S/C31H39N3O4S/c1-5-25-17-19-27(20-18-25)34(39(37,38)28-15-11-8-12-16-28)23-30(35)33(22-21-26-13-9-7-10-14-26)29(6-2)31(36)32-24(3)4/h7-20,24,29H,5-6,21-23H2,1-4H3,(H,32,36). The molecule has 0 saturated heterocycles. The molecule has 3 rings (SSSR count). The first-order valence-electron chi connectivity index (χ1n) is 13.5. The van der Waals surface area contributed by atoms with E-state index in [0.29, 0.717) is 18.5 Å². The molecule has 39 heavy (non-hydrogen) atoms. The van der Waals surface area contributed by atoms with Gasteiger partial charge in [-0.1, -0.05) is 74.5 Å². The predicted octanol–water partition coefficient (Wildman–Crippen LogP) is 4.82. The van der Waals surface area contributed by atoms with E-state index in [-0.39, 0.29) is 23.4 Å². The van der Waals surface area contributed by atoms with E-state index in [0.717, 1.165) is 21.9 Å². The summed E-state index contributed by atoms with van der Waals surface area (Å²) in [5.74, 6) is -0.686. The van der Waals surface area contributed by atoms with Crippen molar-refractivity contribution in [2.75, 3.05) is 17.4 Å². The average molecular weight is 550 g/mol. The van der Waals surface area contributed by atoms with Gasteiger partial charge in [-0.2, -0.15) is 0 Å². The third-order valence-electron chi connectivity index (χ3n) is 6.54. The number of sulfonamides is 1. The Morgan fingerprint density at radius 3 is 1.95 bits per heavy atom. The number of rotatable bonds is 13. The van der Waals surface area contributed by atoms with Crippen molar-refractivity contribution >= 4 is 27.5 Å². The molecule has 0 bridgehead atoms. The second-order valence-corrected chi connectivity index (χ2v) is 11.6. The maximum Gasteiger partial charge on any atom is 0.264 e. The summed E-state index contributed by atoms with van der Waals surface area (Å²) in [6.45, 7) is 7.47. The molecule has 0 fully saturated rings. The molecule has 0 aliphatic rings. The highest BCUT2D eigenvalue weighted by Crippen LogP contribution is 2.25. The van der Waals surface area contributed by atoms with Crippen LogP contribution in [-0.4, -0.2) is 50.3 Å². The van der Waals surface area contributed by atoms with E-state index in [1.54, 1.807) is 30.3 Å². The summed E-state index contributed by atoms with van der Waals surface area (Å²) in [6.07, 6.45) is 1.74. The molecule has 3 aromatic carbocycles. The Labute approximate surface area is 232 Å². The van der Waals surface area contributed by atoms with Crippen LogP contribution in [0.15, 0.2) is 89.8 Å². The number of nitrogens with one attached hydrogen (secondary N) is 1. The van der Waals surface area contributed by atoms with Crippen molar-refractivity contribution in [3.8, 4) is 0 Å². The fraction of sp³-hybridized carbons (Fsp3) is 0.355. The molecule has 0 aliphatic heterocycles. The van der Waals surface area contributed by atoms with Gasteiger partial charge in [0.15, 0.2) is 0 Å². The molecule has 208 valence electrons. The molecular formula is C31H39N3O4S. The van der Waals surface area contributed by atoms with E-state index in [2.05, 4.69) is 5.32 Å². The zero-order chi connectivity index (χ0) is 28.4. The number of nitrogens with zero attached hydrogens (tertiary/aromatic N) is 2. The summed E-state index contributed by atoms with van der Waals surface area (Å²) in [4.78, 5) is 28.8. The summed E-state index contributed by atoms with van der Waals surface area (Å²) in [5.41, 5.74) is 2.48. The van der Waals surface area contributed by atoms with Gasteiger partial charge in [0.25, 0.3) is 10.0 Å². The Morgan fingerprint density at radius 2 is 1.41 bits per heavy atom. The molecule has 1 unspecified atom stereocenters. The van der Waals surface area contributed by atoms with Crippen molar-refractivity contribution in [1.82, 2.24) is 10.2 Å². The van der Waals surface area contributed by atoms with E-state index in [1.807, 2.05) is 70.2 Å². The van der Waals surface area contributed by atoms with Gasteiger partial charge in [-0.05, 0) is 68.5 Å². The number of hydrogen-bond acceptors (Lipinski definition) is 4. The van der Waals surface area contributed by atoms with E-state index in [4.69, 9.17) is 0 Å². The van der Waals surface area contributed by atoms with Crippen LogP contribution in [0, 0.1) is 0 Å². The van der Waals surface area contributed by atoms with Crippen LogP contribution in [0.3, 0.4) is 0 Å². The second kappa shape index (κ2) is 13.9. The third-order valence-corrected chi connectivity index (χ3v) is 8.33. The maximum atomic E-state index is 14.0. The second-order valence-electron chi connectivity index (χ2n) is 9.75. The first kappa shape index (κ1) is 29.9. The number of carbonyl (C=O) groups excluding carboxylic acids is 2. The Balaban J connectivity index is 2.00. The van der Waals surface area contributed by atoms with E-state index >= 15 is 0 Å². The summed E-state index contributed by atoms with van der Waals surface area (Å²) >= 11 is 0. The predicted molar refractivity (Wildman–Crippen MR) is 156 cm³/mol. The number of amides is 2. The molecule has 0 aromatic heterocycles. The number of hydrogen-bond donors (Lipinski definition) is 1. The van der Waals surface area contributed by atoms with Crippen LogP contribution in [0.1, 0.15) is 45.2 Å².